The lowest BCUT2D eigenvalue weighted by Gasteiger charge is -2.08. The molecule has 0 aliphatic heterocycles. The molecule has 16 heavy (non-hydrogen) atoms. The van der Waals surface area contributed by atoms with Gasteiger partial charge >= 0.3 is 0 Å². The van der Waals surface area contributed by atoms with Crippen LogP contribution in [0.4, 0.5) is 0 Å². The first kappa shape index (κ1) is 10.8. The molecule has 0 radical (unpaired) electrons. The lowest BCUT2D eigenvalue weighted by Crippen LogP contribution is -2.22. The second-order valence-corrected chi connectivity index (χ2v) is 3.98. The van der Waals surface area contributed by atoms with E-state index in [4.69, 9.17) is 5.73 Å². The van der Waals surface area contributed by atoms with Crippen LogP contribution < -0.4 is 5.73 Å². The molecule has 0 bridgehead atoms. The van der Waals surface area contributed by atoms with Crippen molar-refractivity contribution in [2.24, 2.45) is 5.73 Å². The molecule has 0 saturated heterocycles. The Bertz CT molecular complexity index is 491. The Balaban J connectivity index is 2.22. The Morgan fingerprint density at radius 1 is 1.25 bits per heavy atom. The number of nitrogens with zero attached hydrogens (tertiary/aromatic N) is 1. The van der Waals surface area contributed by atoms with E-state index in [-0.39, 0.29) is 6.04 Å². The summed E-state index contributed by atoms with van der Waals surface area (Å²) in [6.07, 6.45) is 3.48. The van der Waals surface area contributed by atoms with E-state index in [0.29, 0.717) is 0 Å². The van der Waals surface area contributed by atoms with Crippen molar-refractivity contribution in [1.82, 2.24) is 4.98 Å². The van der Waals surface area contributed by atoms with Gasteiger partial charge in [0.05, 0.1) is 5.52 Å². The minimum absolute atomic E-state index is 0.117. The highest BCUT2D eigenvalue weighted by atomic mass is 14.7. The summed E-state index contributed by atoms with van der Waals surface area (Å²) in [6.45, 7) is 3.69. The molecule has 1 atom stereocenters. The predicted octanol–water partition coefficient (Wildman–Crippen LogP) is 2.68. The molecule has 2 aromatic rings. The van der Waals surface area contributed by atoms with Crippen molar-refractivity contribution in [3.05, 3.63) is 54.7 Å². The van der Waals surface area contributed by atoms with Crippen LogP contribution in [0.2, 0.25) is 0 Å². The summed E-state index contributed by atoms with van der Waals surface area (Å²) in [7, 11) is 0. The molecule has 0 amide bonds. The third-order valence-corrected chi connectivity index (χ3v) is 2.60. The van der Waals surface area contributed by atoms with E-state index in [1.54, 1.807) is 0 Å². The van der Waals surface area contributed by atoms with E-state index < -0.39 is 0 Å². The molecule has 82 valence electrons. The first-order chi connectivity index (χ1) is 7.79. The summed E-state index contributed by atoms with van der Waals surface area (Å²) in [6, 6.07) is 12.4. The van der Waals surface area contributed by atoms with Gasteiger partial charge in [-0.2, -0.15) is 0 Å². The summed E-state index contributed by atoms with van der Waals surface area (Å²) < 4.78 is 0. The van der Waals surface area contributed by atoms with Crippen molar-refractivity contribution in [2.45, 2.75) is 18.9 Å². The highest BCUT2D eigenvalue weighted by molar-refractivity contribution is 5.78. The Labute approximate surface area is 95.8 Å². The van der Waals surface area contributed by atoms with Crippen LogP contribution in [0.25, 0.3) is 10.9 Å². The third-order valence-electron chi connectivity index (χ3n) is 2.60. The Morgan fingerprint density at radius 2 is 2.06 bits per heavy atom. The fourth-order valence-electron chi connectivity index (χ4n) is 1.79. The molecule has 2 heteroatoms. The fraction of sp³-hybridized carbons (Fsp3) is 0.214. The molecule has 1 heterocycles. The number of rotatable bonds is 4. The summed E-state index contributed by atoms with van der Waals surface area (Å²) in [4.78, 5) is 4.58. The quantitative estimate of drug-likeness (QED) is 0.791. The normalized spacial score (nSPS) is 12.6. The molecule has 0 saturated carbocycles. The molecular weight excluding hydrogens is 196 g/mol. The zero-order valence-corrected chi connectivity index (χ0v) is 9.26. The number of aromatic nitrogens is 1. The van der Waals surface area contributed by atoms with Gasteiger partial charge in [-0.05, 0) is 18.6 Å². The lowest BCUT2D eigenvalue weighted by molar-refractivity contribution is 0.670. The van der Waals surface area contributed by atoms with Gasteiger partial charge in [-0.15, -0.1) is 6.58 Å². The van der Waals surface area contributed by atoms with E-state index in [1.165, 1.54) is 5.39 Å². The van der Waals surface area contributed by atoms with Crippen molar-refractivity contribution in [3.63, 3.8) is 0 Å². The van der Waals surface area contributed by atoms with Gasteiger partial charge in [-0.3, -0.25) is 4.98 Å². The smallest absolute Gasteiger partial charge is 0.0705 e. The minimum Gasteiger partial charge on any atom is -0.327 e. The van der Waals surface area contributed by atoms with Gasteiger partial charge in [0.15, 0.2) is 0 Å². The number of nitrogens with two attached hydrogens (primary N) is 1. The average molecular weight is 212 g/mol. The zero-order chi connectivity index (χ0) is 11.4. The van der Waals surface area contributed by atoms with E-state index >= 15 is 0 Å². The Kier molecular flexibility index (Phi) is 3.32. The number of hydrogen-bond acceptors (Lipinski definition) is 2. The molecule has 1 aromatic heterocycles. The van der Waals surface area contributed by atoms with Gasteiger partial charge in [-0.25, -0.2) is 0 Å². The molecule has 2 rings (SSSR count). The first-order valence-electron chi connectivity index (χ1n) is 5.51. The predicted molar refractivity (Wildman–Crippen MR) is 68.2 cm³/mol. The molecule has 2 N–H and O–H groups in total. The van der Waals surface area contributed by atoms with Crippen molar-refractivity contribution in [1.29, 1.82) is 0 Å². The monoisotopic (exact) mass is 212 g/mol. The van der Waals surface area contributed by atoms with Crippen molar-refractivity contribution in [2.75, 3.05) is 0 Å². The summed E-state index contributed by atoms with van der Waals surface area (Å²) >= 11 is 0. The van der Waals surface area contributed by atoms with Gasteiger partial charge in [0.2, 0.25) is 0 Å². The van der Waals surface area contributed by atoms with Crippen LogP contribution >= 0.6 is 0 Å². The van der Waals surface area contributed by atoms with Crippen LogP contribution in [0.3, 0.4) is 0 Å². The van der Waals surface area contributed by atoms with Crippen LogP contribution in [-0.2, 0) is 6.42 Å². The molecule has 1 unspecified atom stereocenters. The first-order valence-corrected chi connectivity index (χ1v) is 5.51. The van der Waals surface area contributed by atoms with Crippen LogP contribution in [0.15, 0.2) is 49.1 Å². The average Bonchev–Trinajstić information content (AvgIpc) is 2.29. The highest BCUT2D eigenvalue weighted by Gasteiger charge is 2.03. The van der Waals surface area contributed by atoms with E-state index in [2.05, 4.69) is 23.7 Å². The maximum Gasteiger partial charge on any atom is 0.0705 e. The van der Waals surface area contributed by atoms with Gasteiger partial charge in [0.25, 0.3) is 0 Å². The maximum absolute atomic E-state index is 5.95. The highest BCUT2D eigenvalue weighted by Crippen LogP contribution is 2.12. The molecule has 0 fully saturated rings. The molecule has 0 aliphatic rings. The number of para-hydroxylation sites is 1. The zero-order valence-electron chi connectivity index (χ0n) is 9.26. The van der Waals surface area contributed by atoms with E-state index in [9.17, 15) is 0 Å². The minimum atomic E-state index is 0.117. The van der Waals surface area contributed by atoms with Crippen molar-refractivity contribution in [3.8, 4) is 0 Å². The molecule has 1 aromatic carbocycles. The van der Waals surface area contributed by atoms with Crippen molar-refractivity contribution < 1.29 is 0 Å². The number of benzene rings is 1. The second-order valence-electron chi connectivity index (χ2n) is 3.98. The van der Waals surface area contributed by atoms with E-state index in [1.807, 2.05) is 30.3 Å². The van der Waals surface area contributed by atoms with E-state index in [0.717, 1.165) is 24.1 Å². The molecule has 0 aliphatic carbocycles. The lowest BCUT2D eigenvalue weighted by atomic mass is 10.1. The molecule has 0 spiro atoms. The van der Waals surface area contributed by atoms with Gasteiger partial charge in [0.1, 0.15) is 0 Å². The number of pyridine rings is 1. The fourth-order valence-corrected chi connectivity index (χ4v) is 1.79. The topological polar surface area (TPSA) is 38.9 Å². The third kappa shape index (κ3) is 2.47. The van der Waals surface area contributed by atoms with Crippen LogP contribution in [0, 0.1) is 0 Å². The number of fused-ring (bicyclic) bond motifs is 1. The van der Waals surface area contributed by atoms with Gasteiger partial charge < -0.3 is 5.73 Å². The summed E-state index contributed by atoms with van der Waals surface area (Å²) in [5, 5.41) is 1.17. The maximum atomic E-state index is 5.95. The van der Waals surface area contributed by atoms with Crippen LogP contribution in [0.1, 0.15) is 12.1 Å². The van der Waals surface area contributed by atoms with Crippen LogP contribution in [-0.4, -0.2) is 11.0 Å². The Morgan fingerprint density at radius 3 is 2.88 bits per heavy atom. The number of hydrogen-bond donors (Lipinski definition) is 1. The Hall–Kier alpha value is -1.67. The van der Waals surface area contributed by atoms with Crippen LogP contribution in [0.5, 0.6) is 0 Å². The second kappa shape index (κ2) is 4.90. The van der Waals surface area contributed by atoms with Gasteiger partial charge in [0, 0.05) is 23.5 Å². The molecule has 2 nitrogen and oxygen atoms in total. The van der Waals surface area contributed by atoms with Crippen molar-refractivity contribution >= 4 is 10.9 Å². The summed E-state index contributed by atoms with van der Waals surface area (Å²) in [5.41, 5.74) is 8.03. The van der Waals surface area contributed by atoms with Gasteiger partial charge in [-0.1, -0.05) is 30.3 Å². The largest absolute Gasteiger partial charge is 0.327 e. The summed E-state index contributed by atoms with van der Waals surface area (Å²) in [5.74, 6) is 0. The SMILES string of the molecule is C=CCC(N)Cc1ccc2ccccc2n1. The standard InChI is InChI=1S/C14H16N2/c1-2-5-12(15)10-13-9-8-11-6-3-4-7-14(11)16-13/h2-4,6-9,12H,1,5,10,15H2. The molecular formula is C14H16N2.